The van der Waals surface area contributed by atoms with Crippen molar-refractivity contribution in [3.8, 4) is 11.1 Å². The van der Waals surface area contributed by atoms with Crippen LogP contribution in [0.2, 0.25) is 5.02 Å². The lowest BCUT2D eigenvalue weighted by Gasteiger charge is -2.43. The van der Waals surface area contributed by atoms with E-state index in [-0.39, 0.29) is 29.9 Å². The van der Waals surface area contributed by atoms with Crippen molar-refractivity contribution in [3.05, 3.63) is 57.5 Å². The molecule has 1 amide bonds. The smallest absolute Gasteiger partial charge is 0.329 e. The number of carboxylic acids is 1. The molecule has 1 saturated heterocycles. The molecule has 0 unspecified atom stereocenters. The van der Waals surface area contributed by atoms with Gasteiger partial charge >= 0.3 is 5.97 Å². The van der Waals surface area contributed by atoms with E-state index in [2.05, 4.69) is 0 Å². The largest absolute Gasteiger partial charge is 0.480 e. The van der Waals surface area contributed by atoms with E-state index in [1.54, 1.807) is 11.0 Å². The van der Waals surface area contributed by atoms with Crippen LogP contribution >= 0.6 is 11.6 Å². The molecule has 1 aromatic heterocycles. The minimum Gasteiger partial charge on any atom is -0.480 e. The number of halogens is 1. The SMILES string of the molecule is O=C(O)COCC(=O)N1C[C@@H]2C[C@H](C1)c1c(-c3ccc(Cl)cc3)ccc(=O)n1C2. The third kappa shape index (κ3) is 4.06. The number of hydrogen-bond donors (Lipinski definition) is 1. The third-order valence-electron chi connectivity index (χ3n) is 5.55. The summed E-state index contributed by atoms with van der Waals surface area (Å²) >= 11 is 6.02. The first-order valence-electron chi connectivity index (χ1n) is 9.49. The molecule has 3 heterocycles. The van der Waals surface area contributed by atoms with Gasteiger partial charge in [0.1, 0.15) is 13.2 Å². The number of carbonyl (C=O) groups excluding carboxylic acids is 1. The maximum absolute atomic E-state index is 12.5. The monoisotopic (exact) mass is 416 g/mol. The highest BCUT2D eigenvalue weighted by molar-refractivity contribution is 6.30. The molecule has 0 spiro atoms. The number of hydrogen-bond acceptors (Lipinski definition) is 4. The number of rotatable bonds is 5. The van der Waals surface area contributed by atoms with Crippen LogP contribution in [0.15, 0.2) is 41.2 Å². The molecule has 152 valence electrons. The minimum absolute atomic E-state index is 0.0306. The zero-order chi connectivity index (χ0) is 20.5. The summed E-state index contributed by atoms with van der Waals surface area (Å²) in [6.45, 7) is 0.841. The Morgan fingerprint density at radius 1 is 1.07 bits per heavy atom. The molecule has 1 fully saturated rings. The van der Waals surface area contributed by atoms with E-state index in [9.17, 15) is 14.4 Å². The molecule has 0 radical (unpaired) electrons. The average molecular weight is 417 g/mol. The number of aliphatic carboxylic acids is 1. The third-order valence-corrected chi connectivity index (χ3v) is 5.80. The van der Waals surface area contributed by atoms with Crippen molar-refractivity contribution in [2.24, 2.45) is 5.92 Å². The van der Waals surface area contributed by atoms with Crippen LogP contribution in [0.3, 0.4) is 0 Å². The highest BCUT2D eigenvalue weighted by atomic mass is 35.5. The molecular formula is C21H21ClN2O5. The predicted octanol–water partition coefficient (Wildman–Crippen LogP) is 2.22. The summed E-state index contributed by atoms with van der Waals surface area (Å²) in [6, 6.07) is 10.9. The molecule has 0 saturated carbocycles. The Hall–Kier alpha value is -2.64. The molecule has 1 aromatic carbocycles. The van der Waals surface area contributed by atoms with Crippen LogP contribution in [0, 0.1) is 5.92 Å². The van der Waals surface area contributed by atoms with Gasteiger partial charge in [0.05, 0.1) is 0 Å². The quantitative estimate of drug-likeness (QED) is 0.807. The Bertz CT molecular complexity index is 1000. The van der Waals surface area contributed by atoms with Crippen molar-refractivity contribution in [2.45, 2.75) is 18.9 Å². The summed E-state index contributed by atoms with van der Waals surface area (Å²) in [4.78, 5) is 37.4. The number of aromatic nitrogens is 1. The van der Waals surface area contributed by atoms with Crippen LogP contribution in [0.25, 0.3) is 11.1 Å². The van der Waals surface area contributed by atoms with Crippen molar-refractivity contribution >= 4 is 23.5 Å². The van der Waals surface area contributed by atoms with Crippen molar-refractivity contribution in [1.29, 1.82) is 0 Å². The first-order chi connectivity index (χ1) is 13.9. The highest BCUT2D eigenvalue weighted by Crippen LogP contribution is 2.40. The molecular weight excluding hydrogens is 396 g/mol. The summed E-state index contributed by atoms with van der Waals surface area (Å²) in [6.07, 6.45) is 0.907. The lowest BCUT2D eigenvalue weighted by Crippen LogP contribution is -2.50. The molecule has 2 aliphatic heterocycles. The fourth-order valence-corrected chi connectivity index (χ4v) is 4.54. The van der Waals surface area contributed by atoms with E-state index in [1.165, 1.54) is 0 Å². The van der Waals surface area contributed by atoms with Gasteiger partial charge in [-0.05, 0) is 36.1 Å². The van der Waals surface area contributed by atoms with Gasteiger partial charge in [-0.2, -0.15) is 0 Å². The van der Waals surface area contributed by atoms with Crippen LogP contribution in [0.5, 0.6) is 0 Å². The van der Waals surface area contributed by atoms with E-state index in [4.69, 9.17) is 21.4 Å². The summed E-state index contributed by atoms with van der Waals surface area (Å²) in [5, 5.41) is 9.31. The van der Waals surface area contributed by atoms with Crippen LogP contribution in [0.1, 0.15) is 18.0 Å². The Balaban J connectivity index is 1.62. The number of amides is 1. The van der Waals surface area contributed by atoms with Gasteiger partial charge in [-0.15, -0.1) is 0 Å². The summed E-state index contributed by atoms with van der Waals surface area (Å²) in [5.74, 6) is -1.11. The number of benzene rings is 1. The van der Waals surface area contributed by atoms with Gasteiger partial charge in [0.15, 0.2) is 0 Å². The average Bonchev–Trinajstić information content (AvgIpc) is 2.69. The van der Waals surface area contributed by atoms with Crippen LogP contribution in [0.4, 0.5) is 0 Å². The van der Waals surface area contributed by atoms with Gasteiger partial charge in [0.25, 0.3) is 5.56 Å². The summed E-state index contributed by atoms with van der Waals surface area (Å²) in [7, 11) is 0. The fourth-order valence-electron chi connectivity index (χ4n) is 4.41. The molecule has 29 heavy (non-hydrogen) atoms. The number of carbonyl (C=O) groups is 2. The standard InChI is InChI=1S/C21H21ClN2O5/c22-16-3-1-14(2-4-16)17-5-6-18(25)24-9-13-7-15(21(17)24)10-23(8-13)19(26)11-29-12-20(27)28/h1-6,13,15H,7-12H2,(H,27,28)/t13-,15+/m0/s1. The first-order valence-corrected chi connectivity index (χ1v) is 9.87. The molecule has 1 N–H and O–H groups in total. The Kier molecular flexibility index (Phi) is 5.43. The van der Waals surface area contributed by atoms with Gasteiger partial charge in [-0.3, -0.25) is 9.59 Å². The number of carboxylic acid groups (broad SMARTS) is 1. The lowest BCUT2D eigenvalue weighted by molar-refractivity contribution is -0.146. The van der Waals surface area contributed by atoms with Crippen molar-refractivity contribution < 1.29 is 19.4 Å². The van der Waals surface area contributed by atoms with Crippen LogP contribution < -0.4 is 5.56 Å². The zero-order valence-electron chi connectivity index (χ0n) is 15.7. The Morgan fingerprint density at radius 2 is 1.83 bits per heavy atom. The molecule has 4 rings (SSSR count). The van der Waals surface area contributed by atoms with Gasteiger partial charge < -0.3 is 19.3 Å². The number of likely N-dealkylation sites (tertiary alicyclic amines) is 1. The summed E-state index contributed by atoms with van der Waals surface area (Å²) < 4.78 is 6.81. The molecule has 0 aliphatic carbocycles. The Labute approximate surface area is 172 Å². The lowest BCUT2D eigenvalue weighted by atomic mass is 9.80. The number of piperidine rings is 1. The zero-order valence-corrected chi connectivity index (χ0v) is 16.5. The maximum atomic E-state index is 12.5. The second-order valence-electron chi connectivity index (χ2n) is 7.57. The highest BCUT2D eigenvalue weighted by Gasteiger charge is 2.37. The number of ether oxygens (including phenoxy) is 1. The van der Waals surface area contributed by atoms with E-state index >= 15 is 0 Å². The molecule has 8 heteroatoms. The maximum Gasteiger partial charge on any atom is 0.329 e. The van der Waals surface area contributed by atoms with Crippen LogP contribution in [-0.2, 0) is 20.9 Å². The van der Waals surface area contributed by atoms with Gasteiger partial charge in [-0.25, -0.2) is 4.79 Å². The number of pyridine rings is 1. The van der Waals surface area contributed by atoms with Gasteiger partial charge in [0.2, 0.25) is 5.91 Å². The summed E-state index contributed by atoms with van der Waals surface area (Å²) in [5.41, 5.74) is 2.86. The molecule has 7 nitrogen and oxygen atoms in total. The molecule has 2 aromatic rings. The van der Waals surface area contributed by atoms with Crippen LogP contribution in [-0.4, -0.2) is 52.8 Å². The van der Waals surface area contributed by atoms with E-state index < -0.39 is 12.6 Å². The Morgan fingerprint density at radius 3 is 2.55 bits per heavy atom. The van der Waals surface area contributed by atoms with Crippen molar-refractivity contribution in [2.75, 3.05) is 26.3 Å². The number of fused-ring (bicyclic) bond motifs is 4. The van der Waals surface area contributed by atoms with Crippen molar-refractivity contribution in [3.63, 3.8) is 0 Å². The fraction of sp³-hybridized carbons (Fsp3) is 0.381. The molecule has 2 aliphatic rings. The second kappa shape index (κ2) is 8.00. The van der Waals surface area contributed by atoms with Gasteiger partial charge in [0, 0.05) is 47.9 Å². The van der Waals surface area contributed by atoms with Gasteiger partial charge in [-0.1, -0.05) is 23.7 Å². The van der Waals surface area contributed by atoms with E-state index in [1.807, 2.05) is 34.9 Å². The second-order valence-corrected chi connectivity index (χ2v) is 8.01. The predicted molar refractivity (Wildman–Crippen MR) is 107 cm³/mol. The minimum atomic E-state index is -1.10. The van der Waals surface area contributed by atoms with Crippen molar-refractivity contribution in [1.82, 2.24) is 9.47 Å². The number of nitrogens with zero attached hydrogens (tertiary/aromatic N) is 2. The normalized spacial score (nSPS) is 20.2. The topological polar surface area (TPSA) is 88.8 Å². The molecule has 2 atom stereocenters. The van der Waals surface area contributed by atoms with E-state index in [0.717, 1.165) is 23.2 Å². The first kappa shape index (κ1) is 19.7. The van der Waals surface area contributed by atoms with E-state index in [0.29, 0.717) is 24.7 Å². The molecule has 2 bridgehead atoms.